The predicted octanol–water partition coefficient (Wildman–Crippen LogP) is 0.850. The number of carbonyl (C=O) groups excluding carboxylic acids is 2. The number of piperidine rings is 1. The normalized spacial score (nSPS) is 24.6. The predicted molar refractivity (Wildman–Crippen MR) is 66.7 cm³/mol. The maximum atomic E-state index is 11.8. The van der Waals surface area contributed by atoms with Crippen LogP contribution in [0, 0.1) is 0 Å². The Morgan fingerprint density at radius 1 is 1.11 bits per heavy atom. The van der Waals surface area contributed by atoms with Gasteiger partial charge in [-0.15, -0.1) is 0 Å². The van der Waals surface area contributed by atoms with Crippen LogP contribution in [-0.2, 0) is 22.6 Å². The van der Waals surface area contributed by atoms with Gasteiger partial charge in [-0.2, -0.15) is 0 Å². The first-order valence-electron chi connectivity index (χ1n) is 6.38. The van der Waals surface area contributed by atoms with Gasteiger partial charge >= 0.3 is 0 Å². The van der Waals surface area contributed by atoms with Crippen LogP contribution in [0.25, 0.3) is 0 Å². The van der Waals surface area contributed by atoms with E-state index in [0.29, 0.717) is 12.8 Å². The molecule has 1 unspecified atom stereocenters. The lowest BCUT2D eigenvalue weighted by atomic mass is 9.96. The van der Waals surface area contributed by atoms with Gasteiger partial charge in [0, 0.05) is 19.5 Å². The molecule has 1 atom stereocenters. The molecule has 0 spiro atoms. The van der Waals surface area contributed by atoms with Gasteiger partial charge in [0.1, 0.15) is 0 Å². The zero-order valence-corrected chi connectivity index (χ0v) is 10.2. The lowest BCUT2D eigenvalue weighted by molar-refractivity contribution is -0.137. The summed E-state index contributed by atoms with van der Waals surface area (Å²) in [4.78, 5) is 25.2. The van der Waals surface area contributed by atoms with E-state index in [-0.39, 0.29) is 17.9 Å². The van der Waals surface area contributed by atoms with Gasteiger partial charge in [-0.25, -0.2) is 0 Å². The Hall–Kier alpha value is -1.68. The first-order valence-corrected chi connectivity index (χ1v) is 6.38. The molecule has 2 amide bonds. The van der Waals surface area contributed by atoms with Crippen LogP contribution in [-0.4, -0.2) is 29.3 Å². The highest BCUT2D eigenvalue weighted by Gasteiger charge is 2.33. The van der Waals surface area contributed by atoms with Crippen molar-refractivity contribution in [2.45, 2.75) is 31.8 Å². The molecule has 0 aromatic heterocycles. The summed E-state index contributed by atoms with van der Waals surface area (Å²) in [6.07, 6.45) is 2.08. The number of nitrogens with zero attached hydrogens (tertiary/aromatic N) is 1. The minimum absolute atomic E-state index is 0.134. The van der Waals surface area contributed by atoms with E-state index in [0.717, 1.165) is 19.5 Å². The molecule has 1 fully saturated rings. The number of rotatable bonds is 1. The molecule has 0 radical (unpaired) electrons. The van der Waals surface area contributed by atoms with Gasteiger partial charge in [0.25, 0.3) is 0 Å². The van der Waals surface area contributed by atoms with Crippen molar-refractivity contribution in [1.29, 1.82) is 0 Å². The van der Waals surface area contributed by atoms with Gasteiger partial charge in [-0.1, -0.05) is 24.3 Å². The van der Waals surface area contributed by atoms with Crippen molar-refractivity contribution in [3.8, 4) is 0 Å². The molecule has 4 heteroatoms. The van der Waals surface area contributed by atoms with Crippen molar-refractivity contribution in [2.24, 2.45) is 0 Å². The largest absolute Gasteiger partial charge is 0.295 e. The van der Waals surface area contributed by atoms with Crippen molar-refractivity contribution < 1.29 is 9.59 Å². The van der Waals surface area contributed by atoms with Gasteiger partial charge in [0.2, 0.25) is 11.8 Å². The highest BCUT2D eigenvalue weighted by atomic mass is 16.2. The number of carbonyl (C=O) groups is 2. The fraction of sp³-hybridized carbons (Fsp3) is 0.429. The zero-order valence-electron chi connectivity index (χ0n) is 10.2. The third-order valence-electron chi connectivity index (χ3n) is 3.81. The van der Waals surface area contributed by atoms with Crippen LogP contribution in [0.3, 0.4) is 0 Å². The van der Waals surface area contributed by atoms with Crippen molar-refractivity contribution in [3.05, 3.63) is 35.4 Å². The van der Waals surface area contributed by atoms with E-state index < -0.39 is 0 Å². The van der Waals surface area contributed by atoms with E-state index >= 15 is 0 Å². The molecule has 0 aliphatic carbocycles. The summed E-state index contributed by atoms with van der Waals surface area (Å²) in [5, 5.41) is 2.43. The topological polar surface area (TPSA) is 49.4 Å². The Labute approximate surface area is 106 Å². The Morgan fingerprint density at radius 3 is 2.67 bits per heavy atom. The summed E-state index contributed by atoms with van der Waals surface area (Å²) in [7, 11) is 0. The Morgan fingerprint density at radius 2 is 1.89 bits per heavy atom. The second kappa shape index (κ2) is 4.53. The lowest BCUT2D eigenvalue weighted by Crippen LogP contribution is -2.53. The monoisotopic (exact) mass is 244 g/mol. The van der Waals surface area contributed by atoms with Gasteiger partial charge in [0.05, 0.1) is 6.04 Å². The first-order chi connectivity index (χ1) is 8.74. The Balaban J connectivity index is 1.76. The van der Waals surface area contributed by atoms with Gasteiger partial charge in [-0.3, -0.25) is 19.8 Å². The van der Waals surface area contributed by atoms with Crippen molar-refractivity contribution in [1.82, 2.24) is 10.2 Å². The maximum absolute atomic E-state index is 11.8. The number of imide groups is 1. The quantitative estimate of drug-likeness (QED) is 0.745. The average Bonchev–Trinajstić information content (AvgIpc) is 2.38. The third kappa shape index (κ3) is 2.04. The standard InChI is InChI=1S/C14H16N2O2/c17-13-6-5-12(14(18)15-13)16-8-7-10-3-1-2-4-11(10)9-16/h1-4,12H,5-9H2,(H,15,17,18). The zero-order chi connectivity index (χ0) is 12.5. The van der Waals surface area contributed by atoms with Gasteiger partial charge < -0.3 is 0 Å². The Kier molecular flexibility index (Phi) is 2.88. The van der Waals surface area contributed by atoms with Crippen LogP contribution in [0.4, 0.5) is 0 Å². The molecule has 0 bridgehead atoms. The molecule has 2 aliphatic heterocycles. The number of amides is 2. The maximum Gasteiger partial charge on any atom is 0.243 e. The third-order valence-corrected chi connectivity index (χ3v) is 3.81. The molecule has 3 rings (SSSR count). The molecule has 0 saturated carbocycles. The lowest BCUT2D eigenvalue weighted by Gasteiger charge is -2.36. The summed E-state index contributed by atoms with van der Waals surface area (Å²) in [5.74, 6) is -0.278. The summed E-state index contributed by atoms with van der Waals surface area (Å²) >= 11 is 0. The summed E-state index contributed by atoms with van der Waals surface area (Å²) in [6, 6.07) is 8.22. The van der Waals surface area contributed by atoms with Crippen LogP contribution < -0.4 is 5.32 Å². The minimum atomic E-state index is -0.145. The molecule has 4 nitrogen and oxygen atoms in total. The summed E-state index contributed by atoms with van der Waals surface area (Å²) in [6.45, 7) is 1.70. The average molecular weight is 244 g/mol. The minimum Gasteiger partial charge on any atom is -0.295 e. The molecule has 1 N–H and O–H groups in total. The van der Waals surface area contributed by atoms with Crippen LogP contribution in [0.2, 0.25) is 0 Å². The Bertz CT molecular complexity index is 498. The van der Waals surface area contributed by atoms with Crippen LogP contribution >= 0.6 is 0 Å². The first kappa shape index (κ1) is 11.4. The van der Waals surface area contributed by atoms with Gasteiger partial charge in [-0.05, 0) is 24.0 Å². The number of benzene rings is 1. The molecular formula is C14H16N2O2. The second-order valence-electron chi connectivity index (χ2n) is 4.96. The highest BCUT2D eigenvalue weighted by molar-refractivity contribution is 6.00. The SMILES string of the molecule is O=C1CCC(N2CCc3ccccc3C2)C(=O)N1. The molecular weight excluding hydrogens is 228 g/mol. The highest BCUT2D eigenvalue weighted by Crippen LogP contribution is 2.23. The molecule has 94 valence electrons. The fourth-order valence-corrected chi connectivity index (χ4v) is 2.81. The molecule has 1 saturated heterocycles. The molecule has 18 heavy (non-hydrogen) atoms. The number of nitrogens with one attached hydrogen (secondary N) is 1. The molecule has 2 heterocycles. The van der Waals surface area contributed by atoms with Crippen molar-refractivity contribution in [3.63, 3.8) is 0 Å². The van der Waals surface area contributed by atoms with E-state index in [4.69, 9.17) is 0 Å². The van der Waals surface area contributed by atoms with E-state index in [9.17, 15) is 9.59 Å². The number of fused-ring (bicyclic) bond motifs is 1. The van der Waals surface area contributed by atoms with Gasteiger partial charge in [0.15, 0.2) is 0 Å². The summed E-state index contributed by atoms with van der Waals surface area (Å²) < 4.78 is 0. The van der Waals surface area contributed by atoms with E-state index in [1.165, 1.54) is 11.1 Å². The van der Waals surface area contributed by atoms with Crippen LogP contribution in [0.1, 0.15) is 24.0 Å². The smallest absolute Gasteiger partial charge is 0.243 e. The molecule has 1 aromatic carbocycles. The molecule has 2 aliphatic rings. The van der Waals surface area contributed by atoms with E-state index in [1.807, 2.05) is 6.07 Å². The molecule has 1 aromatic rings. The van der Waals surface area contributed by atoms with E-state index in [2.05, 4.69) is 28.4 Å². The number of hydrogen-bond donors (Lipinski definition) is 1. The van der Waals surface area contributed by atoms with Crippen molar-refractivity contribution >= 4 is 11.8 Å². The van der Waals surface area contributed by atoms with E-state index in [1.54, 1.807) is 0 Å². The summed E-state index contributed by atoms with van der Waals surface area (Å²) in [5.41, 5.74) is 2.68. The van der Waals surface area contributed by atoms with Crippen LogP contribution in [0.15, 0.2) is 24.3 Å². The van der Waals surface area contributed by atoms with Crippen molar-refractivity contribution in [2.75, 3.05) is 6.54 Å². The number of hydrogen-bond acceptors (Lipinski definition) is 3. The fourth-order valence-electron chi connectivity index (χ4n) is 2.81. The van der Waals surface area contributed by atoms with Crippen LogP contribution in [0.5, 0.6) is 0 Å². The second-order valence-corrected chi connectivity index (χ2v) is 4.96.